The van der Waals surface area contributed by atoms with Crippen molar-refractivity contribution in [2.45, 2.75) is 39.0 Å². The second-order valence-corrected chi connectivity index (χ2v) is 5.79. The van der Waals surface area contributed by atoms with Crippen LogP contribution in [0.4, 0.5) is 0 Å². The van der Waals surface area contributed by atoms with Crippen molar-refractivity contribution in [2.24, 2.45) is 11.8 Å². The Morgan fingerprint density at radius 1 is 1.17 bits per heavy atom. The molecule has 18 heavy (non-hydrogen) atoms. The molecule has 3 rings (SSSR count). The zero-order chi connectivity index (χ0) is 12.7. The van der Waals surface area contributed by atoms with Crippen molar-refractivity contribution in [1.29, 1.82) is 0 Å². The number of hydrogen-bond acceptors (Lipinski definition) is 1. The molecule has 0 saturated heterocycles. The Hall–Kier alpha value is -1.37. The summed E-state index contributed by atoms with van der Waals surface area (Å²) in [5, 5.41) is 0. The van der Waals surface area contributed by atoms with Crippen LogP contribution in [0.2, 0.25) is 0 Å². The predicted molar refractivity (Wildman–Crippen MR) is 73.5 cm³/mol. The summed E-state index contributed by atoms with van der Waals surface area (Å²) >= 11 is 0. The van der Waals surface area contributed by atoms with E-state index in [1.165, 1.54) is 24.0 Å². The van der Waals surface area contributed by atoms with Gasteiger partial charge in [-0.1, -0.05) is 42.8 Å². The van der Waals surface area contributed by atoms with Crippen LogP contribution in [0.15, 0.2) is 35.9 Å². The van der Waals surface area contributed by atoms with Crippen molar-refractivity contribution < 1.29 is 4.79 Å². The van der Waals surface area contributed by atoms with E-state index in [1.807, 2.05) is 0 Å². The van der Waals surface area contributed by atoms with Gasteiger partial charge >= 0.3 is 0 Å². The minimum atomic E-state index is 0.155. The summed E-state index contributed by atoms with van der Waals surface area (Å²) in [6, 6.07) is 8.75. The fourth-order valence-corrected chi connectivity index (χ4v) is 3.64. The Labute approximate surface area is 109 Å². The third kappa shape index (κ3) is 1.73. The highest BCUT2D eigenvalue weighted by atomic mass is 16.1. The predicted octanol–water partition coefficient (Wildman–Crippen LogP) is 4.02. The summed E-state index contributed by atoms with van der Waals surface area (Å²) in [7, 11) is 0. The highest BCUT2D eigenvalue weighted by molar-refractivity contribution is 6.01. The number of Topliss-reactive ketones (excluding diaryl/α,β-unsaturated/α-hetero) is 1. The maximum absolute atomic E-state index is 12.3. The first-order valence-corrected chi connectivity index (χ1v) is 6.99. The standard InChI is InChI=1S/C17H20O/c1-11-7-9-13(10-8-11)16-12(2)17(18)15-6-4-3-5-14(15)16/h6-10,12,14,16H,3-5H2,1-2H3/t12-,14-,16+/m0/s1. The van der Waals surface area contributed by atoms with Gasteiger partial charge in [0.2, 0.25) is 0 Å². The SMILES string of the molecule is Cc1ccc([C@H]2[C@H](C)C(=O)C3=CCCC[C@@H]32)cc1. The molecule has 0 unspecified atom stereocenters. The van der Waals surface area contributed by atoms with E-state index >= 15 is 0 Å². The van der Waals surface area contributed by atoms with Gasteiger partial charge in [0, 0.05) is 11.8 Å². The van der Waals surface area contributed by atoms with Crippen LogP contribution in [0.5, 0.6) is 0 Å². The lowest BCUT2D eigenvalue weighted by molar-refractivity contribution is -0.117. The number of carbonyl (C=O) groups is 1. The fourth-order valence-electron chi connectivity index (χ4n) is 3.64. The van der Waals surface area contributed by atoms with Crippen LogP contribution in [-0.2, 0) is 4.79 Å². The van der Waals surface area contributed by atoms with Crippen LogP contribution in [0.25, 0.3) is 0 Å². The van der Waals surface area contributed by atoms with Crippen molar-refractivity contribution >= 4 is 5.78 Å². The first-order chi connectivity index (χ1) is 8.68. The number of allylic oxidation sites excluding steroid dienone is 2. The normalized spacial score (nSPS) is 31.1. The van der Waals surface area contributed by atoms with Crippen molar-refractivity contribution in [2.75, 3.05) is 0 Å². The second-order valence-electron chi connectivity index (χ2n) is 5.79. The summed E-state index contributed by atoms with van der Waals surface area (Å²) < 4.78 is 0. The molecule has 0 heterocycles. The molecule has 1 saturated carbocycles. The molecule has 1 heteroatoms. The van der Waals surface area contributed by atoms with Crippen molar-refractivity contribution in [3.05, 3.63) is 47.0 Å². The van der Waals surface area contributed by atoms with Crippen LogP contribution in [0.3, 0.4) is 0 Å². The number of carbonyl (C=O) groups excluding carboxylic acids is 1. The number of aryl methyl sites for hydroxylation is 1. The van der Waals surface area contributed by atoms with E-state index in [4.69, 9.17) is 0 Å². The number of ketones is 1. The Morgan fingerprint density at radius 2 is 1.89 bits per heavy atom. The molecule has 1 aromatic rings. The van der Waals surface area contributed by atoms with E-state index in [9.17, 15) is 4.79 Å². The second kappa shape index (κ2) is 4.38. The van der Waals surface area contributed by atoms with Crippen LogP contribution in [-0.4, -0.2) is 5.78 Å². The smallest absolute Gasteiger partial charge is 0.162 e. The minimum absolute atomic E-state index is 0.155. The number of hydrogen-bond donors (Lipinski definition) is 0. The van der Waals surface area contributed by atoms with Gasteiger partial charge in [-0.15, -0.1) is 0 Å². The Morgan fingerprint density at radius 3 is 2.61 bits per heavy atom. The molecule has 1 nitrogen and oxygen atoms in total. The van der Waals surface area contributed by atoms with E-state index in [0.29, 0.717) is 17.6 Å². The molecule has 0 amide bonds. The van der Waals surface area contributed by atoms with Gasteiger partial charge in [-0.2, -0.15) is 0 Å². The maximum atomic E-state index is 12.3. The molecule has 0 bridgehead atoms. The van der Waals surface area contributed by atoms with E-state index in [0.717, 1.165) is 12.0 Å². The van der Waals surface area contributed by atoms with E-state index in [2.05, 4.69) is 44.2 Å². The molecule has 0 aliphatic heterocycles. The molecular formula is C17H20O. The van der Waals surface area contributed by atoms with Crippen molar-refractivity contribution in [3.63, 3.8) is 0 Å². The first-order valence-electron chi connectivity index (χ1n) is 6.99. The molecule has 2 aliphatic carbocycles. The average molecular weight is 240 g/mol. The molecule has 2 aliphatic rings. The maximum Gasteiger partial charge on any atom is 0.162 e. The Balaban J connectivity index is 2.01. The molecule has 0 aromatic heterocycles. The fraction of sp³-hybridized carbons (Fsp3) is 0.471. The van der Waals surface area contributed by atoms with Gasteiger partial charge < -0.3 is 0 Å². The molecule has 0 N–H and O–H groups in total. The molecule has 0 radical (unpaired) electrons. The highest BCUT2D eigenvalue weighted by Gasteiger charge is 2.44. The van der Waals surface area contributed by atoms with Gasteiger partial charge in [0.25, 0.3) is 0 Å². The van der Waals surface area contributed by atoms with E-state index in [1.54, 1.807) is 0 Å². The zero-order valence-electron chi connectivity index (χ0n) is 11.1. The zero-order valence-corrected chi connectivity index (χ0v) is 11.1. The number of benzene rings is 1. The van der Waals surface area contributed by atoms with Crippen LogP contribution >= 0.6 is 0 Å². The lowest BCUT2D eigenvalue weighted by Gasteiger charge is -2.24. The summed E-state index contributed by atoms with van der Waals surface area (Å²) in [6.07, 6.45) is 5.70. The Bertz CT molecular complexity index is 495. The third-order valence-electron chi connectivity index (χ3n) is 4.62. The van der Waals surface area contributed by atoms with Gasteiger partial charge in [0.05, 0.1) is 0 Å². The van der Waals surface area contributed by atoms with Crippen LogP contribution in [0, 0.1) is 18.8 Å². The third-order valence-corrected chi connectivity index (χ3v) is 4.62. The molecule has 3 atom stereocenters. The summed E-state index contributed by atoms with van der Waals surface area (Å²) in [5.74, 6) is 1.43. The first kappa shape index (κ1) is 11.7. The van der Waals surface area contributed by atoms with Crippen molar-refractivity contribution in [3.8, 4) is 0 Å². The minimum Gasteiger partial charge on any atom is -0.294 e. The van der Waals surface area contributed by atoms with Crippen LogP contribution < -0.4 is 0 Å². The summed E-state index contributed by atoms with van der Waals surface area (Å²) in [4.78, 5) is 12.3. The Kier molecular flexibility index (Phi) is 2.85. The van der Waals surface area contributed by atoms with Gasteiger partial charge in [0.15, 0.2) is 5.78 Å². The molecule has 1 fully saturated rings. The molecular weight excluding hydrogens is 220 g/mol. The molecule has 1 aromatic carbocycles. The lowest BCUT2D eigenvalue weighted by atomic mass is 9.79. The highest BCUT2D eigenvalue weighted by Crippen LogP contribution is 2.49. The lowest BCUT2D eigenvalue weighted by Crippen LogP contribution is -2.13. The van der Waals surface area contributed by atoms with Crippen LogP contribution in [0.1, 0.15) is 43.2 Å². The number of rotatable bonds is 1. The van der Waals surface area contributed by atoms with E-state index in [-0.39, 0.29) is 5.92 Å². The largest absolute Gasteiger partial charge is 0.294 e. The monoisotopic (exact) mass is 240 g/mol. The quantitative estimate of drug-likeness (QED) is 0.724. The molecule has 94 valence electrons. The van der Waals surface area contributed by atoms with Gasteiger partial charge in [-0.3, -0.25) is 4.79 Å². The summed E-state index contributed by atoms with van der Waals surface area (Å²) in [6.45, 7) is 4.21. The van der Waals surface area contributed by atoms with Gasteiger partial charge in [0.1, 0.15) is 0 Å². The topological polar surface area (TPSA) is 17.1 Å². The average Bonchev–Trinajstić information content (AvgIpc) is 2.64. The van der Waals surface area contributed by atoms with Gasteiger partial charge in [-0.05, 0) is 43.2 Å². The number of fused-ring (bicyclic) bond motifs is 1. The van der Waals surface area contributed by atoms with Crippen molar-refractivity contribution in [1.82, 2.24) is 0 Å². The molecule has 0 spiro atoms. The van der Waals surface area contributed by atoms with Gasteiger partial charge in [-0.25, -0.2) is 0 Å². The summed E-state index contributed by atoms with van der Waals surface area (Å²) in [5.41, 5.74) is 3.76. The van der Waals surface area contributed by atoms with E-state index < -0.39 is 0 Å².